The third kappa shape index (κ3) is 1.49. The summed E-state index contributed by atoms with van der Waals surface area (Å²) < 4.78 is 0. The summed E-state index contributed by atoms with van der Waals surface area (Å²) in [5.74, 6) is 5.89. The Morgan fingerprint density at radius 2 is 2.08 bits per heavy atom. The molecule has 0 bridgehead atoms. The van der Waals surface area contributed by atoms with Gasteiger partial charge in [-0.3, -0.25) is 10.7 Å². The zero-order valence-electron chi connectivity index (χ0n) is 7.87. The molecule has 0 aromatic rings. The van der Waals surface area contributed by atoms with E-state index in [9.17, 15) is 0 Å². The van der Waals surface area contributed by atoms with Crippen LogP contribution in [0.25, 0.3) is 0 Å². The van der Waals surface area contributed by atoms with Gasteiger partial charge in [-0.25, -0.2) is 5.01 Å². The van der Waals surface area contributed by atoms with Crippen LogP contribution in [0.5, 0.6) is 0 Å². The molecular formula is C9H19N3. The first-order valence-electron chi connectivity index (χ1n) is 5.03. The van der Waals surface area contributed by atoms with E-state index in [0.29, 0.717) is 6.04 Å². The van der Waals surface area contributed by atoms with Gasteiger partial charge < -0.3 is 0 Å². The lowest BCUT2D eigenvalue weighted by molar-refractivity contribution is 0.0150. The largest absolute Gasteiger partial charge is 0.297 e. The van der Waals surface area contributed by atoms with Crippen LogP contribution in [0.4, 0.5) is 0 Å². The number of piperidine rings is 1. The highest BCUT2D eigenvalue weighted by atomic mass is 15.5. The van der Waals surface area contributed by atoms with Gasteiger partial charge in [0.2, 0.25) is 0 Å². The Balaban J connectivity index is 1.98. The fourth-order valence-corrected chi connectivity index (χ4v) is 2.37. The second kappa shape index (κ2) is 3.32. The van der Waals surface area contributed by atoms with E-state index < -0.39 is 0 Å². The Morgan fingerprint density at radius 3 is 2.92 bits per heavy atom. The molecule has 2 rings (SSSR count). The Bertz CT molecular complexity index is 142. The highest BCUT2D eigenvalue weighted by Crippen LogP contribution is 2.21. The van der Waals surface area contributed by atoms with E-state index in [1.54, 1.807) is 0 Å². The van der Waals surface area contributed by atoms with Crippen molar-refractivity contribution in [3.63, 3.8) is 0 Å². The van der Waals surface area contributed by atoms with Crippen molar-refractivity contribution in [1.29, 1.82) is 0 Å². The Labute approximate surface area is 74.5 Å². The Hall–Kier alpha value is -0.120. The molecule has 2 unspecified atom stereocenters. The summed E-state index contributed by atoms with van der Waals surface area (Å²) in [4.78, 5) is 2.61. The van der Waals surface area contributed by atoms with Crippen molar-refractivity contribution in [3.8, 4) is 0 Å². The summed E-state index contributed by atoms with van der Waals surface area (Å²) in [6.45, 7) is 5.75. The summed E-state index contributed by atoms with van der Waals surface area (Å²) >= 11 is 0. The van der Waals surface area contributed by atoms with Crippen LogP contribution in [-0.2, 0) is 0 Å². The van der Waals surface area contributed by atoms with E-state index in [1.807, 2.05) is 5.01 Å². The normalized spacial score (nSPS) is 39.5. The fourth-order valence-electron chi connectivity index (χ4n) is 2.37. The maximum absolute atomic E-state index is 5.89. The molecule has 12 heavy (non-hydrogen) atoms. The number of hydrazine groups is 1. The molecule has 2 saturated heterocycles. The summed E-state index contributed by atoms with van der Waals surface area (Å²) in [6.07, 6.45) is 4.12. The molecule has 3 heteroatoms. The minimum Gasteiger partial charge on any atom is -0.297 e. The van der Waals surface area contributed by atoms with Crippen LogP contribution < -0.4 is 5.84 Å². The molecule has 0 radical (unpaired) electrons. The fraction of sp³-hybridized carbons (Fsp3) is 1.00. The Kier molecular flexibility index (Phi) is 2.35. The van der Waals surface area contributed by atoms with Crippen molar-refractivity contribution < 1.29 is 0 Å². The molecule has 2 heterocycles. The van der Waals surface area contributed by atoms with Crippen LogP contribution in [0.1, 0.15) is 26.2 Å². The molecule has 0 aromatic heterocycles. The van der Waals surface area contributed by atoms with Crippen molar-refractivity contribution in [3.05, 3.63) is 0 Å². The Morgan fingerprint density at radius 1 is 1.25 bits per heavy atom. The molecule has 0 spiro atoms. The number of hydrogen-bond donors (Lipinski definition) is 1. The van der Waals surface area contributed by atoms with Crippen LogP contribution in [0, 0.1) is 0 Å². The van der Waals surface area contributed by atoms with Crippen molar-refractivity contribution in [2.45, 2.75) is 38.3 Å². The highest BCUT2D eigenvalue weighted by molar-refractivity contribution is 4.86. The van der Waals surface area contributed by atoms with Gasteiger partial charge >= 0.3 is 0 Å². The van der Waals surface area contributed by atoms with Gasteiger partial charge in [0.25, 0.3) is 0 Å². The van der Waals surface area contributed by atoms with Gasteiger partial charge in [0.15, 0.2) is 0 Å². The number of nitrogens with zero attached hydrogens (tertiary/aromatic N) is 2. The van der Waals surface area contributed by atoms with Gasteiger partial charge in [-0.15, -0.1) is 0 Å². The molecule has 0 aliphatic carbocycles. The van der Waals surface area contributed by atoms with Crippen LogP contribution in [-0.4, -0.2) is 41.6 Å². The van der Waals surface area contributed by atoms with E-state index in [0.717, 1.165) is 12.6 Å². The number of piperazine rings is 1. The van der Waals surface area contributed by atoms with Gasteiger partial charge in [0.05, 0.1) is 0 Å². The number of hydrogen-bond acceptors (Lipinski definition) is 3. The van der Waals surface area contributed by atoms with Gasteiger partial charge in [-0.05, 0) is 26.3 Å². The first-order chi connectivity index (χ1) is 5.77. The lowest BCUT2D eigenvalue weighted by atomic mass is 9.98. The number of fused-ring (bicyclic) bond motifs is 1. The lowest BCUT2D eigenvalue weighted by Crippen LogP contribution is -2.60. The standard InChI is InChI=1S/C9H19N3/c1-8-6-11-5-3-2-4-9(11)7-12(8)10/h8-9H,2-7,10H2,1H3. The maximum atomic E-state index is 5.89. The number of nitrogens with two attached hydrogens (primary N) is 1. The average Bonchev–Trinajstić information content (AvgIpc) is 2.07. The molecule has 0 amide bonds. The summed E-state index contributed by atoms with van der Waals surface area (Å²) in [5, 5.41) is 2.01. The van der Waals surface area contributed by atoms with Crippen molar-refractivity contribution in [2.24, 2.45) is 5.84 Å². The van der Waals surface area contributed by atoms with E-state index in [-0.39, 0.29) is 0 Å². The van der Waals surface area contributed by atoms with Crippen LogP contribution >= 0.6 is 0 Å². The maximum Gasteiger partial charge on any atom is 0.0340 e. The predicted molar refractivity (Wildman–Crippen MR) is 49.6 cm³/mol. The smallest absolute Gasteiger partial charge is 0.0340 e. The molecule has 2 aliphatic heterocycles. The van der Waals surface area contributed by atoms with Crippen molar-refractivity contribution in [2.75, 3.05) is 19.6 Å². The third-order valence-corrected chi connectivity index (χ3v) is 3.24. The molecule has 3 nitrogen and oxygen atoms in total. The molecule has 2 atom stereocenters. The summed E-state index contributed by atoms with van der Waals surface area (Å²) in [7, 11) is 0. The first-order valence-corrected chi connectivity index (χ1v) is 5.03. The molecule has 0 aromatic carbocycles. The van der Waals surface area contributed by atoms with Crippen molar-refractivity contribution >= 4 is 0 Å². The van der Waals surface area contributed by atoms with Crippen LogP contribution in [0.3, 0.4) is 0 Å². The molecular weight excluding hydrogens is 150 g/mol. The number of rotatable bonds is 0. The van der Waals surface area contributed by atoms with Gasteiger partial charge in [-0.1, -0.05) is 6.42 Å². The zero-order valence-corrected chi connectivity index (χ0v) is 7.87. The molecule has 70 valence electrons. The van der Waals surface area contributed by atoms with E-state index in [4.69, 9.17) is 5.84 Å². The molecule has 2 N–H and O–H groups in total. The second-order valence-electron chi connectivity index (χ2n) is 4.19. The van der Waals surface area contributed by atoms with E-state index >= 15 is 0 Å². The van der Waals surface area contributed by atoms with Gasteiger partial charge in [-0.2, -0.15) is 0 Å². The predicted octanol–water partition coefficient (Wildman–Crippen LogP) is 0.419. The molecule has 0 saturated carbocycles. The van der Waals surface area contributed by atoms with Crippen molar-refractivity contribution in [1.82, 2.24) is 9.91 Å². The van der Waals surface area contributed by atoms with Crippen LogP contribution in [0.15, 0.2) is 0 Å². The quantitative estimate of drug-likeness (QED) is 0.533. The highest BCUT2D eigenvalue weighted by Gasteiger charge is 2.31. The monoisotopic (exact) mass is 169 g/mol. The van der Waals surface area contributed by atoms with Crippen LogP contribution in [0.2, 0.25) is 0 Å². The minimum absolute atomic E-state index is 0.541. The zero-order chi connectivity index (χ0) is 8.55. The first kappa shape index (κ1) is 8.48. The SMILES string of the molecule is CC1CN2CCCCC2CN1N. The molecule has 2 fully saturated rings. The average molecular weight is 169 g/mol. The van der Waals surface area contributed by atoms with Gasteiger partial charge in [0.1, 0.15) is 0 Å². The minimum atomic E-state index is 0.541. The topological polar surface area (TPSA) is 32.5 Å². The second-order valence-corrected chi connectivity index (χ2v) is 4.19. The van der Waals surface area contributed by atoms with E-state index in [1.165, 1.54) is 32.4 Å². The summed E-state index contributed by atoms with van der Waals surface area (Å²) in [6, 6.07) is 1.29. The molecule has 2 aliphatic rings. The third-order valence-electron chi connectivity index (χ3n) is 3.24. The summed E-state index contributed by atoms with van der Waals surface area (Å²) in [5.41, 5.74) is 0. The lowest BCUT2D eigenvalue weighted by Gasteiger charge is -2.45. The van der Waals surface area contributed by atoms with Gasteiger partial charge in [0, 0.05) is 25.2 Å². The van der Waals surface area contributed by atoms with E-state index in [2.05, 4.69) is 11.8 Å².